The molecule has 0 aliphatic heterocycles. The van der Waals surface area contributed by atoms with E-state index in [4.69, 9.17) is 0 Å². The van der Waals surface area contributed by atoms with E-state index in [9.17, 15) is 14.7 Å². The lowest BCUT2D eigenvalue weighted by atomic mass is 10.1. The van der Waals surface area contributed by atoms with Gasteiger partial charge in [-0.15, -0.1) is 0 Å². The highest BCUT2D eigenvalue weighted by atomic mass is 35.5. The number of quaternary nitrogens is 1. The van der Waals surface area contributed by atoms with Crippen molar-refractivity contribution in [3.8, 4) is 5.75 Å². The number of nitrogens with zero attached hydrogens (tertiary/aromatic N) is 4. The van der Waals surface area contributed by atoms with Crippen LogP contribution >= 0.6 is 0 Å². The molecule has 0 aliphatic carbocycles. The molecule has 0 aliphatic rings. The van der Waals surface area contributed by atoms with E-state index in [0.717, 1.165) is 19.4 Å². The lowest BCUT2D eigenvalue weighted by Gasteiger charge is -2.12. The van der Waals surface area contributed by atoms with E-state index in [2.05, 4.69) is 17.2 Å². The van der Waals surface area contributed by atoms with Gasteiger partial charge in [-0.25, -0.2) is 9.78 Å². The quantitative estimate of drug-likeness (QED) is 0.401. The third-order valence-electron chi connectivity index (χ3n) is 4.85. The molecule has 9 heteroatoms. The van der Waals surface area contributed by atoms with Crippen molar-refractivity contribution in [3.63, 3.8) is 0 Å². The van der Waals surface area contributed by atoms with Gasteiger partial charge < -0.3 is 27.4 Å². The fourth-order valence-electron chi connectivity index (χ4n) is 3.33. The number of halogens is 1. The Hall–Kier alpha value is -2.58. The molecule has 1 atom stereocenters. The van der Waals surface area contributed by atoms with Crippen LogP contribution in [-0.2, 0) is 27.1 Å². The Morgan fingerprint density at radius 3 is 2.54 bits per heavy atom. The molecule has 2 aromatic heterocycles. The number of benzene rings is 1. The largest absolute Gasteiger partial charge is 1.00 e. The first-order valence-electron chi connectivity index (χ1n) is 9.10. The van der Waals surface area contributed by atoms with Crippen LogP contribution < -0.4 is 29.0 Å². The average molecular weight is 408 g/mol. The van der Waals surface area contributed by atoms with Crippen LogP contribution in [0.5, 0.6) is 5.75 Å². The van der Waals surface area contributed by atoms with Gasteiger partial charge in [-0.2, -0.15) is 0 Å². The van der Waals surface area contributed by atoms with E-state index < -0.39 is 0 Å². The van der Waals surface area contributed by atoms with Crippen LogP contribution in [0.1, 0.15) is 18.9 Å². The first-order chi connectivity index (χ1) is 12.9. The zero-order valence-electron chi connectivity index (χ0n) is 16.3. The normalized spacial score (nSPS) is 12.1. The first-order valence-corrected chi connectivity index (χ1v) is 9.10. The van der Waals surface area contributed by atoms with Crippen molar-refractivity contribution in [2.45, 2.75) is 32.4 Å². The predicted octanol–water partition coefficient (Wildman–Crippen LogP) is -3.27. The maximum atomic E-state index is 12.6. The molecule has 0 saturated carbocycles. The van der Waals surface area contributed by atoms with Gasteiger partial charge in [0.1, 0.15) is 5.75 Å². The Balaban J connectivity index is 0.00000280. The average Bonchev–Trinajstić information content (AvgIpc) is 3.03. The molecular formula is C19H26ClN5O3. The maximum Gasteiger partial charge on any atom is 0.332 e. The summed E-state index contributed by atoms with van der Waals surface area (Å²) < 4.78 is 4.37. The lowest BCUT2D eigenvalue weighted by molar-refractivity contribution is -0.686. The number of aryl methyl sites for hydroxylation is 2. The van der Waals surface area contributed by atoms with E-state index in [1.807, 2.05) is 12.1 Å². The first kappa shape index (κ1) is 21.7. The second-order valence-electron chi connectivity index (χ2n) is 7.05. The molecule has 3 rings (SSSR count). The fourth-order valence-corrected chi connectivity index (χ4v) is 3.33. The highest BCUT2D eigenvalue weighted by Crippen LogP contribution is 2.10. The van der Waals surface area contributed by atoms with E-state index >= 15 is 0 Å². The lowest BCUT2D eigenvalue weighted by Crippen LogP contribution is -3.00. The van der Waals surface area contributed by atoms with Crippen molar-refractivity contribution in [1.29, 1.82) is 0 Å². The van der Waals surface area contributed by atoms with Crippen molar-refractivity contribution in [3.05, 3.63) is 57.0 Å². The highest BCUT2D eigenvalue weighted by molar-refractivity contribution is 5.69. The van der Waals surface area contributed by atoms with Crippen LogP contribution in [0.15, 0.2) is 40.2 Å². The summed E-state index contributed by atoms with van der Waals surface area (Å²) in [5.41, 5.74) is 1.41. The molecule has 3 N–H and O–H groups in total. The molecule has 1 unspecified atom stereocenters. The number of rotatable bonds is 7. The third kappa shape index (κ3) is 4.45. The van der Waals surface area contributed by atoms with E-state index in [-0.39, 0.29) is 29.4 Å². The van der Waals surface area contributed by atoms with Gasteiger partial charge in [0.2, 0.25) is 0 Å². The van der Waals surface area contributed by atoms with Gasteiger partial charge >= 0.3 is 5.69 Å². The maximum absolute atomic E-state index is 12.6. The Morgan fingerprint density at radius 1 is 1.18 bits per heavy atom. The van der Waals surface area contributed by atoms with Gasteiger partial charge in [-0.3, -0.25) is 13.9 Å². The highest BCUT2D eigenvalue weighted by Gasteiger charge is 2.15. The molecule has 0 fully saturated rings. The minimum Gasteiger partial charge on any atom is -1.00 e. The summed E-state index contributed by atoms with van der Waals surface area (Å²) in [6.07, 6.45) is 3.16. The predicted molar refractivity (Wildman–Crippen MR) is 103 cm³/mol. The van der Waals surface area contributed by atoms with Crippen LogP contribution in [0.25, 0.3) is 11.2 Å². The zero-order chi connectivity index (χ0) is 19.6. The smallest absolute Gasteiger partial charge is 0.332 e. The Morgan fingerprint density at radius 2 is 1.86 bits per heavy atom. The Labute approximate surface area is 168 Å². The van der Waals surface area contributed by atoms with E-state index in [1.165, 1.54) is 14.7 Å². The third-order valence-corrected chi connectivity index (χ3v) is 4.85. The second-order valence-corrected chi connectivity index (χ2v) is 7.05. The molecule has 3 aromatic rings. The summed E-state index contributed by atoms with van der Waals surface area (Å²) in [6.45, 7) is 3.34. The standard InChI is InChI=1S/C19H25N5O3.ClH/c1-13(11-14-5-7-15(25)8-6-14)20-9-4-10-24-18(26)16-17(21-12-22(16)2)23(3)19(24)27;/h5-8,12-13,20,25H,4,9-11H2,1-3H3;1H. The molecular weight excluding hydrogens is 382 g/mol. The number of aromatic hydroxyl groups is 1. The summed E-state index contributed by atoms with van der Waals surface area (Å²) in [5.74, 6) is 0.271. The van der Waals surface area contributed by atoms with Gasteiger partial charge in [-0.1, -0.05) is 12.1 Å². The summed E-state index contributed by atoms with van der Waals surface area (Å²) in [4.78, 5) is 29.2. The molecule has 1 aromatic carbocycles. The van der Waals surface area contributed by atoms with Crippen LogP contribution in [0, 0.1) is 0 Å². The number of hydrogen-bond donors (Lipinski definition) is 2. The number of phenolic OH excluding ortho intramolecular Hbond substituents is 1. The molecule has 152 valence electrons. The van der Waals surface area contributed by atoms with Crippen LogP contribution in [0.3, 0.4) is 0 Å². The van der Waals surface area contributed by atoms with Crippen molar-refractivity contribution in [2.75, 3.05) is 6.54 Å². The van der Waals surface area contributed by atoms with Gasteiger partial charge in [0.05, 0.1) is 18.9 Å². The SMILES string of the molecule is CC(Cc1ccc(O)cc1)[NH2+]CCCn1c(=O)c2c(ncn2C)n(C)c1=O.[Cl-]. The van der Waals surface area contributed by atoms with Crippen molar-refractivity contribution in [1.82, 2.24) is 18.7 Å². The number of aromatic nitrogens is 4. The van der Waals surface area contributed by atoms with Crippen LogP contribution in [0.4, 0.5) is 0 Å². The summed E-state index contributed by atoms with van der Waals surface area (Å²) in [7, 11) is 3.39. The van der Waals surface area contributed by atoms with Gasteiger partial charge in [-0.05, 0) is 24.6 Å². The van der Waals surface area contributed by atoms with Crippen molar-refractivity contribution < 1.29 is 22.8 Å². The van der Waals surface area contributed by atoms with E-state index in [1.54, 1.807) is 37.1 Å². The number of phenols is 1. The Kier molecular flexibility index (Phi) is 7.04. The minimum atomic E-state index is -0.330. The molecule has 28 heavy (non-hydrogen) atoms. The molecule has 2 heterocycles. The van der Waals surface area contributed by atoms with E-state index in [0.29, 0.717) is 23.8 Å². The Bertz CT molecular complexity index is 1050. The van der Waals surface area contributed by atoms with Crippen LogP contribution in [0.2, 0.25) is 0 Å². The van der Waals surface area contributed by atoms with Gasteiger partial charge in [0, 0.05) is 33.5 Å². The fraction of sp³-hybridized carbons (Fsp3) is 0.421. The summed E-state index contributed by atoms with van der Waals surface area (Å²) in [6, 6.07) is 7.60. The molecule has 0 saturated heterocycles. The van der Waals surface area contributed by atoms with Crippen molar-refractivity contribution in [2.24, 2.45) is 14.1 Å². The minimum absolute atomic E-state index is 0. The molecule has 0 radical (unpaired) electrons. The number of imidazole rings is 1. The van der Waals surface area contributed by atoms with Gasteiger partial charge in [0.15, 0.2) is 11.2 Å². The molecule has 8 nitrogen and oxygen atoms in total. The molecule has 0 bridgehead atoms. The number of hydrogen-bond acceptors (Lipinski definition) is 4. The summed E-state index contributed by atoms with van der Waals surface area (Å²) in [5, 5.41) is 11.6. The number of fused-ring (bicyclic) bond motifs is 1. The monoisotopic (exact) mass is 407 g/mol. The second kappa shape index (κ2) is 9.07. The van der Waals surface area contributed by atoms with Crippen molar-refractivity contribution >= 4 is 11.2 Å². The molecule has 0 amide bonds. The van der Waals surface area contributed by atoms with Crippen LogP contribution in [-0.4, -0.2) is 36.4 Å². The zero-order valence-corrected chi connectivity index (χ0v) is 17.1. The summed E-state index contributed by atoms with van der Waals surface area (Å²) >= 11 is 0. The molecule has 0 spiro atoms. The van der Waals surface area contributed by atoms with Gasteiger partial charge in [0.25, 0.3) is 5.56 Å². The topological polar surface area (TPSA) is 98.7 Å². The number of nitrogens with two attached hydrogens (primary N) is 1.